The third kappa shape index (κ3) is 3.14. The van der Waals surface area contributed by atoms with Crippen LogP contribution in [-0.2, 0) is 13.1 Å². The molecule has 0 fully saturated rings. The monoisotopic (exact) mass is 279 g/mol. The Bertz CT molecular complexity index is 691. The summed E-state index contributed by atoms with van der Waals surface area (Å²) in [4.78, 5) is 15.9. The molecule has 3 heterocycles. The predicted octanol–water partition coefficient (Wildman–Crippen LogP) is 2.46. The molecule has 3 aromatic heterocycles. The summed E-state index contributed by atoms with van der Waals surface area (Å²) in [6.45, 7) is 3.64. The standard InChI is InChI=1S/C16H17N5/c1-12-14(10-18-9-13-3-7-17-8-4-13)15(11-21-12)16-19-5-2-6-20-16/h2-8,11,18,21H,9-10H2,1H3. The van der Waals surface area contributed by atoms with Crippen LogP contribution in [0.4, 0.5) is 0 Å². The fourth-order valence-electron chi connectivity index (χ4n) is 2.25. The molecule has 0 saturated carbocycles. The number of hydrogen-bond donors (Lipinski definition) is 2. The van der Waals surface area contributed by atoms with Crippen LogP contribution in [0.25, 0.3) is 11.4 Å². The molecular weight excluding hydrogens is 262 g/mol. The third-order valence-corrected chi connectivity index (χ3v) is 3.40. The highest BCUT2D eigenvalue weighted by atomic mass is 14.9. The van der Waals surface area contributed by atoms with Crippen molar-refractivity contribution in [2.24, 2.45) is 0 Å². The number of aromatic nitrogens is 4. The van der Waals surface area contributed by atoms with Crippen molar-refractivity contribution in [1.29, 1.82) is 0 Å². The van der Waals surface area contributed by atoms with E-state index in [4.69, 9.17) is 0 Å². The van der Waals surface area contributed by atoms with Crippen molar-refractivity contribution >= 4 is 0 Å². The quantitative estimate of drug-likeness (QED) is 0.753. The van der Waals surface area contributed by atoms with Crippen LogP contribution in [0.2, 0.25) is 0 Å². The number of H-pyrrole nitrogens is 1. The minimum Gasteiger partial charge on any atom is -0.364 e. The molecule has 5 nitrogen and oxygen atoms in total. The van der Waals surface area contributed by atoms with Gasteiger partial charge < -0.3 is 10.3 Å². The first-order valence-electron chi connectivity index (χ1n) is 6.88. The summed E-state index contributed by atoms with van der Waals surface area (Å²) in [5, 5.41) is 3.45. The fraction of sp³-hybridized carbons (Fsp3) is 0.188. The highest BCUT2D eigenvalue weighted by molar-refractivity contribution is 5.60. The second-order valence-electron chi connectivity index (χ2n) is 4.84. The maximum atomic E-state index is 4.32. The molecule has 2 N–H and O–H groups in total. The third-order valence-electron chi connectivity index (χ3n) is 3.40. The Balaban J connectivity index is 1.72. The molecule has 3 rings (SSSR count). The molecule has 0 aromatic carbocycles. The molecule has 0 amide bonds. The van der Waals surface area contributed by atoms with Gasteiger partial charge in [-0.1, -0.05) is 0 Å². The zero-order chi connectivity index (χ0) is 14.5. The van der Waals surface area contributed by atoms with Crippen LogP contribution in [0.3, 0.4) is 0 Å². The summed E-state index contributed by atoms with van der Waals surface area (Å²) < 4.78 is 0. The molecule has 0 atom stereocenters. The lowest BCUT2D eigenvalue weighted by molar-refractivity contribution is 0.690. The van der Waals surface area contributed by atoms with Crippen LogP contribution in [0.1, 0.15) is 16.8 Å². The zero-order valence-electron chi connectivity index (χ0n) is 11.9. The average Bonchev–Trinajstić information content (AvgIpc) is 2.91. The molecule has 0 unspecified atom stereocenters. The van der Waals surface area contributed by atoms with Gasteiger partial charge in [-0.15, -0.1) is 0 Å². The predicted molar refractivity (Wildman–Crippen MR) is 81.3 cm³/mol. The average molecular weight is 279 g/mol. The lowest BCUT2D eigenvalue weighted by atomic mass is 10.1. The summed E-state index contributed by atoms with van der Waals surface area (Å²) in [5.74, 6) is 0.752. The molecule has 0 radical (unpaired) electrons. The van der Waals surface area contributed by atoms with E-state index in [-0.39, 0.29) is 0 Å². The van der Waals surface area contributed by atoms with Crippen molar-refractivity contribution in [2.75, 3.05) is 0 Å². The number of hydrogen-bond acceptors (Lipinski definition) is 4. The maximum Gasteiger partial charge on any atom is 0.160 e. The van der Waals surface area contributed by atoms with E-state index in [1.165, 1.54) is 11.1 Å². The molecule has 0 bridgehead atoms. The number of rotatable bonds is 5. The molecule has 0 aliphatic rings. The Hall–Kier alpha value is -2.53. The van der Waals surface area contributed by atoms with E-state index in [0.29, 0.717) is 0 Å². The normalized spacial score (nSPS) is 10.7. The minimum atomic E-state index is 0.752. The Morgan fingerprint density at radius 3 is 2.57 bits per heavy atom. The number of nitrogens with one attached hydrogen (secondary N) is 2. The summed E-state index contributed by atoms with van der Waals surface area (Å²) in [6, 6.07) is 5.85. The summed E-state index contributed by atoms with van der Waals surface area (Å²) in [5.41, 5.74) is 4.61. The van der Waals surface area contributed by atoms with Gasteiger partial charge in [0.05, 0.1) is 0 Å². The molecule has 0 saturated heterocycles. The topological polar surface area (TPSA) is 66.5 Å². The van der Waals surface area contributed by atoms with Crippen LogP contribution < -0.4 is 5.32 Å². The van der Waals surface area contributed by atoms with Crippen molar-refractivity contribution in [3.8, 4) is 11.4 Å². The molecule has 0 spiro atoms. The molecule has 5 heteroatoms. The van der Waals surface area contributed by atoms with Crippen LogP contribution >= 0.6 is 0 Å². The Morgan fingerprint density at radius 1 is 1.05 bits per heavy atom. The van der Waals surface area contributed by atoms with E-state index >= 15 is 0 Å². The van der Waals surface area contributed by atoms with E-state index in [1.807, 2.05) is 36.8 Å². The molecule has 106 valence electrons. The summed E-state index contributed by atoms with van der Waals surface area (Å²) in [7, 11) is 0. The summed E-state index contributed by atoms with van der Waals surface area (Å²) >= 11 is 0. The molecule has 0 aliphatic heterocycles. The van der Waals surface area contributed by atoms with Gasteiger partial charge in [-0.3, -0.25) is 4.98 Å². The van der Waals surface area contributed by atoms with Gasteiger partial charge in [0.1, 0.15) is 0 Å². The van der Waals surface area contributed by atoms with Gasteiger partial charge in [0.15, 0.2) is 5.82 Å². The van der Waals surface area contributed by atoms with E-state index in [2.05, 4.69) is 32.2 Å². The van der Waals surface area contributed by atoms with Gasteiger partial charge in [-0.2, -0.15) is 0 Å². The van der Waals surface area contributed by atoms with E-state index < -0.39 is 0 Å². The number of aromatic amines is 1. The van der Waals surface area contributed by atoms with Crippen molar-refractivity contribution < 1.29 is 0 Å². The van der Waals surface area contributed by atoms with Crippen molar-refractivity contribution in [3.05, 3.63) is 66.0 Å². The lowest BCUT2D eigenvalue weighted by Crippen LogP contribution is -2.13. The molecule has 3 aromatic rings. The minimum absolute atomic E-state index is 0.752. The van der Waals surface area contributed by atoms with Crippen LogP contribution in [-0.4, -0.2) is 19.9 Å². The molecular formula is C16H17N5. The van der Waals surface area contributed by atoms with Crippen molar-refractivity contribution in [3.63, 3.8) is 0 Å². The number of nitrogens with zero attached hydrogens (tertiary/aromatic N) is 3. The Morgan fingerprint density at radius 2 is 1.81 bits per heavy atom. The van der Waals surface area contributed by atoms with Gasteiger partial charge in [-0.25, -0.2) is 9.97 Å². The Labute approximate surface area is 123 Å². The van der Waals surface area contributed by atoms with Gasteiger partial charge in [0.25, 0.3) is 0 Å². The van der Waals surface area contributed by atoms with E-state index in [9.17, 15) is 0 Å². The van der Waals surface area contributed by atoms with Crippen molar-refractivity contribution in [1.82, 2.24) is 25.3 Å². The van der Waals surface area contributed by atoms with Crippen LogP contribution in [0, 0.1) is 6.92 Å². The van der Waals surface area contributed by atoms with Crippen molar-refractivity contribution in [2.45, 2.75) is 20.0 Å². The van der Waals surface area contributed by atoms with E-state index in [0.717, 1.165) is 30.2 Å². The van der Waals surface area contributed by atoms with Gasteiger partial charge in [0, 0.05) is 55.3 Å². The first-order chi connectivity index (χ1) is 10.3. The SMILES string of the molecule is Cc1[nH]cc(-c2ncccn2)c1CNCc1ccncc1. The highest BCUT2D eigenvalue weighted by Crippen LogP contribution is 2.22. The number of pyridine rings is 1. The highest BCUT2D eigenvalue weighted by Gasteiger charge is 2.11. The van der Waals surface area contributed by atoms with Gasteiger partial charge in [-0.05, 0) is 36.2 Å². The van der Waals surface area contributed by atoms with Gasteiger partial charge in [0.2, 0.25) is 0 Å². The maximum absolute atomic E-state index is 4.32. The second-order valence-corrected chi connectivity index (χ2v) is 4.84. The van der Waals surface area contributed by atoms with Crippen LogP contribution in [0.5, 0.6) is 0 Å². The second kappa shape index (κ2) is 6.28. The number of aryl methyl sites for hydroxylation is 1. The largest absolute Gasteiger partial charge is 0.364 e. The molecule has 21 heavy (non-hydrogen) atoms. The lowest BCUT2D eigenvalue weighted by Gasteiger charge is -2.07. The smallest absolute Gasteiger partial charge is 0.160 e. The van der Waals surface area contributed by atoms with Gasteiger partial charge >= 0.3 is 0 Å². The van der Waals surface area contributed by atoms with Crippen LogP contribution in [0.15, 0.2) is 49.2 Å². The summed E-state index contributed by atoms with van der Waals surface area (Å²) in [6.07, 6.45) is 9.11. The first kappa shape index (κ1) is 13.5. The first-order valence-corrected chi connectivity index (χ1v) is 6.88. The molecule has 0 aliphatic carbocycles. The van der Waals surface area contributed by atoms with E-state index in [1.54, 1.807) is 12.4 Å². The Kier molecular flexibility index (Phi) is 4.02. The zero-order valence-corrected chi connectivity index (χ0v) is 11.9. The fourth-order valence-corrected chi connectivity index (χ4v) is 2.25.